The summed E-state index contributed by atoms with van der Waals surface area (Å²) in [5, 5.41) is 4.74. The van der Waals surface area contributed by atoms with Crippen LogP contribution in [-0.4, -0.2) is 25.0 Å². The van der Waals surface area contributed by atoms with Crippen LogP contribution in [-0.2, 0) is 0 Å². The number of carbonyl (C=O) groups excluding carboxylic acids is 1. The number of carbonyl (C=O) groups is 1. The first-order valence-electron chi connectivity index (χ1n) is 8.97. The van der Waals surface area contributed by atoms with Crippen molar-refractivity contribution in [1.82, 2.24) is 4.98 Å². The van der Waals surface area contributed by atoms with Crippen LogP contribution in [0.5, 0.6) is 0 Å². The van der Waals surface area contributed by atoms with Crippen molar-refractivity contribution in [3.05, 3.63) is 83.4 Å². The highest BCUT2D eigenvalue weighted by Gasteiger charge is 2.09. The van der Waals surface area contributed by atoms with E-state index in [1.54, 1.807) is 0 Å². The monoisotopic (exact) mass is 389 g/mol. The van der Waals surface area contributed by atoms with Gasteiger partial charge in [-0.3, -0.25) is 4.79 Å². The molecule has 5 heteroatoms. The Balaban J connectivity index is 1.52. The van der Waals surface area contributed by atoms with Gasteiger partial charge in [-0.05, 0) is 60.2 Å². The Labute approximate surface area is 168 Å². The summed E-state index contributed by atoms with van der Waals surface area (Å²) in [5.74, 6) is -0.128. The molecule has 0 fully saturated rings. The van der Waals surface area contributed by atoms with Gasteiger partial charge in [0, 0.05) is 52.7 Å². The molecule has 140 valence electrons. The van der Waals surface area contributed by atoms with Crippen LogP contribution >= 0.6 is 11.6 Å². The van der Waals surface area contributed by atoms with Gasteiger partial charge in [-0.1, -0.05) is 29.8 Å². The molecule has 0 radical (unpaired) electrons. The summed E-state index contributed by atoms with van der Waals surface area (Å²) in [6.07, 6.45) is 0. The highest BCUT2D eigenvalue weighted by Crippen LogP contribution is 2.27. The lowest BCUT2D eigenvalue weighted by molar-refractivity contribution is 0.102. The fourth-order valence-corrected chi connectivity index (χ4v) is 3.30. The number of hydrogen-bond donors (Lipinski definition) is 2. The Hall–Kier alpha value is -3.24. The van der Waals surface area contributed by atoms with E-state index in [0.29, 0.717) is 5.56 Å². The lowest BCUT2D eigenvalue weighted by Crippen LogP contribution is -2.14. The Kier molecular flexibility index (Phi) is 4.80. The average Bonchev–Trinajstić information content (AvgIpc) is 3.11. The zero-order valence-electron chi connectivity index (χ0n) is 15.7. The van der Waals surface area contributed by atoms with Crippen molar-refractivity contribution >= 4 is 39.8 Å². The number of halogens is 1. The fourth-order valence-electron chi connectivity index (χ4n) is 3.12. The third kappa shape index (κ3) is 3.73. The highest BCUT2D eigenvalue weighted by molar-refractivity contribution is 6.31. The Morgan fingerprint density at radius 1 is 0.964 bits per heavy atom. The fraction of sp³-hybridized carbons (Fsp3) is 0.0870. The summed E-state index contributed by atoms with van der Waals surface area (Å²) in [5.41, 5.74) is 5.46. The topological polar surface area (TPSA) is 48.1 Å². The van der Waals surface area contributed by atoms with Crippen LogP contribution in [0.3, 0.4) is 0 Å². The molecule has 1 aromatic heterocycles. The molecule has 4 rings (SSSR count). The minimum absolute atomic E-state index is 0.128. The smallest absolute Gasteiger partial charge is 0.255 e. The molecule has 0 spiro atoms. The lowest BCUT2D eigenvalue weighted by Gasteiger charge is -2.13. The summed E-state index contributed by atoms with van der Waals surface area (Å²) in [4.78, 5) is 17.9. The van der Waals surface area contributed by atoms with E-state index in [1.165, 1.54) is 0 Å². The predicted molar refractivity (Wildman–Crippen MR) is 117 cm³/mol. The van der Waals surface area contributed by atoms with E-state index >= 15 is 0 Å². The quantitative estimate of drug-likeness (QED) is 0.463. The number of hydrogen-bond acceptors (Lipinski definition) is 2. The normalized spacial score (nSPS) is 10.8. The van der Waals surface area contributed by atoms with Gasteiger partial charge in [-0.15, -0.1) is 0 Å². The molecule has 0 aliphatic carbocycles. The minimum atomic E-state index is -0.128. The zero-order valence-corrected chi connectivity index (χ0v) is 16.4. The Morgan fingerprint density at radius 2 is 1.75 bits per heavy atom. The van der Waals surface area contributed by atoms with E-state index < -0.39 is 0 Å². The van der Waals surface area contributed by atoms with Gasteiger partial charge in [-0.2, -0.15) is 0 Å². The third-order valence-electron chi connectivity index (χ3n) is 4.66. The summed E-state index contributed by atoms with van der Waals surface area (Å²) in [6, 6.07) is 23.2. The van der Waals surface area contributed by atoms with Gasteiger partial charge in [0.1, 0.15) is 0 Å². The second-order valence-electron chi connectivity index (χ2n) is 6.89. The van der Waals surface area contributed by atoms with Crippen LogP contribution in [0, 0.1) is 0 Å². The van der Waals surface area contributed by atoms with Gasteiger partial charge in [0.15, 0.2) is 0 Å². The van der Waals surface area contributed by atoms with Gasteiger partial charge >= 0.3 is 0 Å². The molecule has 2 N–H and O–H groups in total. The van der Waals surface area contributed by atoms with Crippen LogP contribution in [0.4, 0.5) is 11.4 Å². The number of nitrogens with one attached hydrogen (secondary N) is 2. The van der Waals surface area contributed by atoms with Gasteiger partial charge in [0.2, 0.25) is 0 Å². The van der Waals surface area contributed by atoms with E-state index in [-0.39, 0.29) is 5.91 Å². The van der Waals surface area contributed by atoms with Crippen molar-refractivity contribution in [3.63, 3.8) is 0 Å². The molecule has 0 unspecified atom stereocenters. The van der Waals surface area contributed by atoms with Crippen molar-refractivity contribution in [1.29, 1.82) is 0 Å². The number of nitrogens with zero attached hydrogens (tertiary/aromatic N) is 1. The lowest BCUT2D eigenvalue weighted by atomic mass is 10.1. The van der Waals surface area contributed by atoms with Crippen LogP contribution in [0.25, 0.3) is 22.2 Å². The molecule has 0 aliphatic heterocycles. The minimum Gasteiger partial charge on any atom is -0.378 e. The first kappa shape index (κ1) is 18.1. The summed E-state index contributed by atoms with van der Waals surface area (Å²) in [6.45, 7) is 0. The van der Waals surface area contributed by atoms with Crippen LogP contribution < -0.4 is 10.2 Å². The van der Waals surface area contributed by atoms with Crippen LogP contribution in [0.2, 0.25) is 5.02 Å². The second-order valence-corrected chi connectivity index (χ2v) is 7.33. The Morgan fingerprint density at radius 3 is 2.50 bits per heavy atom. The maximum absolute atomic E-state index is 12.5. The molecule has 0 aliphatic rings. The predicted octanol–water partition coefficient (Wildman–Crippen LogP) is 5.81. The van der Waals surface area contributed by atoms with E-state index in [4.69, 9.17) is 11.6 Å². The molecule has 1 amide bonds. The van der Waals surface area contributed by atoms with Gasteiger partial charge in [-0.25, -0.2) is 0 Å². The first-order valence-corrected chi connectivity index (χ1v) is 9.35. The van der Waals surface area contributed by atoms with Crippen molar-refractivity contribution in [2.75, 3.05) is 24.3 Å². The van der Waals surface area contributed by atoms with E-state index in [1.807, 2.05) is 85.7 Å². The van der Waals surface area contributed by atoms with Gasteiger partial charge in [0.05, 0.1) is 0 Å². The molecule has 4 aromatic rings. The number of aromatic nitrogens is 1. The Bertz CT molecular complexity index is 1150. The molecule has 3 aromatic carbocycles. The number of anilines is 2. The summed E-state index contributed by atoms with van der Waals surface area (Å²) in [7, 11) is 3.90. The standard InChI is InChI=1S/C23H20ClN3O/c1-27(2)20-5-3-4-16(13-20)23(28)25-19-9-6-15(7-10-19)22-14-17-12-18(24)8-11-21(17)26-22/h3-14,26H,1-2H3,(H,25,28). The number of aromatic amines is 1. The zero-order chi connectivity index (χ0) is 19.7. The van der Waals surface area contributed by atoms with Crippen LogP contribution in [0.15, 0.2) is 72.8 Å². The SMILES string of the molecule is CN(C)c1cccc(C(=O)Nc2ccc(-c3cc4cc(Cl)ccc4[nH]3)cc2)c1. The second kappa shape index (κ2) is 7.41. The highest BCUT2D eigenvalue weighted by atomic mass is 35.5. The maximum Gasteiger partial charge on any atom is 0.255 e. The van der Waals surface area contributed by atoms with Crippen molar-refractivity contribution in [3.8, 4) is 11.3 Å². The van der Waals surface area contributed by atoms with Crippen molar-refractivity contribution in [2.45, 2.75) is 0 Å². The molecule has 28 heavy (non-hydrogen) atoms. The largest absolute Gasteiger partial charge is 0.378 e. The van der Waals surface area contributed by atoms with Crippen molar-refractivity contribution in [2.24, 2.45) is 0 Å². The number of rotatable bonds is 4. The average molecular weight is 390 g/mol. The summed E-state index contributed by atoms with van der Waals surface area (Å²) >= 11 is 6.06. The number of benzene rings is 3. The number of H-pyrrole nitrogens is 1. The van der Waals surface area contributed by atoms with Crippen LogP contribution in [0.1, 0.15) is 10.4 Å². The third-order valence-corrected chi connectivity index (χ3v) is 4.90. The molecule has 1 heterocycles. The number of amides is 1. The molecule has 0 saturated heterocycles. The molecule has 0 saturated carbocycles. The van der Waals surface area contributed by atoms with E-state index in [2.05, 4.69) is 16.4 Å². The molecule has 4 nitrogen and oxygen atoms in total. The van der Waals surface area contributed by atoms with Gasteiger partial charge in [0.25, 0.3) is 5.91 Å². The van der Waals surface area contributed by atoms with E-state index in [0.717, 1.165) is 38.6 Å². The first-order chi connectivity index (χ1) is 13.5. The van der Waals surface area contributed by atoms with Gasteiger partial charge < -0.3 is 15.2 Å². The summed E-state index contributed by atoms with van der Waals surface area (Å²) < 4.78 is 0. The van der Waals surface area contributed by atoms with Crippen molar-refractivity contribution < 1.29 is 4.79 Å². The maximum atomic E-state index is 12.5. The molecule has 0 bridgehead atoms. The molecular formula is C23H20ClN3O. The number of fused-ring (bicyclic) bond motifs is 1. The molecular weight excluding hydrogens is 370 g/mol. The van der Waals surface area contributed by atoms with E-state index in [9.17, 15) is 4.79 Å². The molecule has 0 atom stereocenters.